The van der Waals surface area contributed by atoms with Gasteiger partial charge in [0, 0.05) is 19.3 Å². The monoisotopic (exact) mass is 913 g/mol. The van der Waals surface area contributed by atoms with E-state index in [2.05, 4.69) is 51.2 Å². The molecule has 0 aliphatic carbocycles. The van der Waals surface area contributed by atoms with E-state index in [1.807, 2.05) is 91.1 Å². The predicted molar refractivity (Wildman–Crippen MR) is 283 cm³/mol. The summed E-state index contributed by atoms with van der Waals surface area (Å²) in [6, 6.07) is 0. The van der Waals surface area contributed by atoms with Gasteiger partial charge < -0.3 is 14.2 Å². The summed E-state index contributed by atoms with van der Waals surface area (Å²) in [4.78, 5) is 38.0. The van der Waals surface area contributed by atoms with Gasteiger partial charge in [-0.2, -0.15) is 0 Å². The Morgan fingerprint density at radius 1 is 0.318 bits per heavy atom. The summed E-state index contributed by atoms with van der Waals surface area (Å²) >= 11 is 0. The first kappa shape index (κ1) is 61.8. The molecule has 0 fully saturated rings. The second-order valence-electron chi connectivity index (χ2n) is 17.3. The highest BCUT2D eigenvalue weighted by molar-refractivity contribution is 5.71. The van der Waals surface area contributed by atoms with Gasteiger partial charge in [0.05, 0.1) is 0 Å². The van der Waals surface area contributed by atoms with E-state index in [1.165, 1.54) is 96.3 Å². The highest BCUT2D eigenvalue weighted by Crippen LogP contribution is 2.15. The van der Waals surface area contributed by atoms with E-state index in [-0.39, 0.29) is 37.5 Å². The molecule has 6 nitrogen and oxygen atoms in total. The summed E-state index contributed by atoms with van der Waals surface area (Å²) in [7, 11) is 0. The first-order valence-corrected chi connectivity index (χ1v) is 26.7. The van der Waals surface area contributed by atoms with Gasteiger partial charge in [-0.05, 0) is 51.4 Å². The maximum atomic E-state index is 12.8. The Morgan fingerprint density at radius 2 is 0.636 bits per heavy atom. The Kier molecular flexibility index (Phi) is 50.0. The molecule has 0 aromatic heterocycles. The van der Waals surface area contributed by atoms with Gasteiger partial charge in [0.2, 0.25) is 0 Å². The number of hydrogen-bond donors (Lipinski definition) is 0. The van der Waals surface area contributed by atoms with Gasteiger partial charge in [-0.15, -0.1) is 0 Å². The van der Waals surface area contributed by atoms with Crippen LogP contribution in [0.15, 0.2) is 122 Å². The van der Waals surface area contributed by atoms with Gasteiger partial charge in [0.15, 0.2) is 6.10 Å². The molecule has 0 N–H and O–H groups in total. The molecule has 0 aliphatic heterocycles. The van der Waals surface area contributed by atoms with Gasteiger partial charge in [0.1, 0.15) is 13.2 Å². The van der Waals surface area contributed by atoms with Crippen LogP contribution in [0.25, 0.3) is 0 Å². The molecular weight excluding hydrogens is 817 g/mol. The Morgan fingerprint density at radius 3 is 1.05 bits per heavy atom. The topological polar surface area (TPSA) is 78.9 Å². The number of carbonyl (C=O) groups is 3. The van der Waals surface area contributed by atoms with Crippen molar-refractivity contribution in [1.29, 1.82) is 0 Å². The minimum absolute atomic E-state index is 0.116. The van der Waals surface area contributed by atoms with Crippen molar-refractivity contribution in [1.82, 2.24) is 0 Å². The van der Waals surface area contributed by atoms with Gasteiger partial charge >= 0.3 is 17.9 Å². The van der Waals surface area contributed by atoms with Crippen molar-refractivity contribution in [3.05, 3.63) is 122 Å². The standard InChI is InChI=1S/C60H96O6/c1-4-7-10-13-16-19-22-25-27-29-31-32-35-38-41-44-47-50-53-59(62)65-56-57(55-64-58(61)52-49-46-43-40-37-34-24-21-18-15-12-9-6-3)66-60(63)54-51-48-45-42-39-36-33-30-28-26-23-20-17-14-11-8-5-2/h9-10,12-13,15-16,18-19,21-22,24-25,27,29,31-32,34,37,40,43,57H,4-8,11,14,17,20,23,26,28,30,33,35-36,38-39,41-42,44-56H2,1-3H3/b12-9-,13-10-,18-15-,19-16-,24-21-,25-22-,29-27-,32-31-,37-34-,43-40-. The molecule has 0 bridgehead atoms. The van der Waals surface area contributed by atoms with Crippen LogP contribution >= 0.6 is 0 Å². The summed E-state index contributed by atoms with van der Waals surface area (Å²) in [5, 5.41) is 0. The van der Waals surface area contributed by atoms with E-state index >= 15 is 0 Å². The number of carbonyl (C=O) groups excluding carboxylic acids is 3. The average molecular weight is 913 g/mol. The van der Waals surface area contributed by atoms with Crippen LogP contribution in [0.4, 0.5) is 0 Å². The molecule has 1 unspecified atom stereocenters. The molecule has 0 aromatic rings. The molecule has 0 aliphatic rings. The van der Waals surface area contributed by atoms with Crippen LogP contribution in [0.1, 0.15) is 220 Å². The predicted octanol–water partition coefficient (Wildman–Crippen LogP) is 17.7. The number of esters is 3. The van der Waals surface area contributed by atoms with Crippen molar-refractivity contribution in [3.8, 4) is 0 Å². The number of allylic oxidation sites excluding steroid dienone is 20. The zero-order valence-corrected chi connectivity index (χ0v) is 42.4. The lowest BCUT2D eigenvalue weighted by molar-refractivity contribution is -0.167. The third-order valence-corrected chi connectivity index (χ3v) is 10.9. The fourth-order valence-corrected chi connectivity index (χ4v) is 6.97. The van der Waals surface area contributed by atoms with Gasteiger partial charge in [-0.1, -0.05) is 271 Å². The summed E-state index contributed by atoms with van der Waals surface area (Å²) in [6.07, 6.45) is 73.3. The fourth-order valence-electron chi connectivity index (χ4n) is 6.97. The van der Waals surface area contributed by atoms with E-state index in [9.17, 15) is 14.4 Å². The number of rotatable bonds is 46. The van der Waals surface area contributed by atoms with Gasteiger partial charge in [-0.3, -0.25) is 14.4 Å². The second-order valence-corrected chi connectivity index (χ2v) is 17.3. The third kappa shape index (κ3) is 50.8. The number of unbranched alkanes of at least 4 members (excludes halogenated alkanes) is 23. The molecule has 0 spiro atoms. The molecule has 0 heterocycles. The van der Waals surface area contributed by atoms with Crippen LogP contribution in [0.2, 0.25) is 0 Å². The van der Waals surface area contributed by atoms with E-state index < -0.39 is 6.10 Å². The third-order valence-electron chi connectivity index (χ3n) is 10.9. The molecule has 372 valence electrons. The Bertz CT molecular complexity index is 1420. The summed E-state index contributed by atoms with van der Waals surface area (Å²) in [5.74, 6) is -1.02. The zero-order valence-electron chi connectivity index (χ0n) is 42.4. The highest BCUT2D eigenvalue weighted by Gasteiger charge is 2.19. The lowest BCUT2D eigenvalue weighted by atomic mass is 10.0. The fraction of sp³-hybridized carbons (Fsp3) is 0.617. The van der Waals surface area contributed by atoms with E-state index in [0.29, 0.717) is 19.3 Å². The molecule has 6 heteroatoms. The van der Waals surface area contributed by atoms with E-state index in [1.54, 1.807) is 0 Å². The molecule has 0 amide bonds. The van der Waals surface area contributed by atoms with Crippen molar-refractivity contribution in [2.45, 2.75) is 226 Å². The maximum absolute atomic E-state index is 12.8. The molecular formula is C60H96O6. The van der Waals surface area contributed by atoms with Crippen LogP contribution in [0, 0.1) is 0 Å². The highest BCUT2D eigenvalue weighted by atomic mass is 16.6. The van der Waals surface area contributed by atoms with Crippen molar-refractivity contribution in [2.75, 3.05) is 13.2 Å². The quantitative estimate of drug-likeness (QED) is 0.0262. The minimum Gasteiger partial charge on any atom is -0.462 e. The molecule has 0 aromatic carbocycles. The van der Waals surface area contributed by atoms with Gasteiger partial charge in [0.25, 0.3) is 0 Å². The van der Waals surface area contributed by atoms with Crippen molar-refractivity contribution >= 4 is 17.9 Å². The Balaban J connectivity index is 4.52. The van der Waals surface area contributed by atoms with E-state index in [4.69, 9.17) is 14.2 Å². The lowest BCUT2D eigenvalue weighted by Gasteiger charge is -2.18. The lowest BCUT2D eigenvalue weighted by Crippen LogP contribution is -2.30. The van der Waals surface area contributed by atoms with E-state index in [0.717, 1.165) is 77.0 Å². The molecule has 66 heavy (non-hydrogen) atoms. The molecule has 0 radical (unpaired) electrons. The van der Waals surface area contributed by atoms with Crippen LogP contribution in [0.3, 0.4) is 0 Å². The molecule has 0 saturated carbocycles. The Labute approximate surface area is 405 Å². The zero-order chi connectivity index (χ0) is 47.9. The second kappa shape index (κ2) is 53.4. The largest absolute Gasteiger partial charge is 0.462 e. The number of ether oxygens (including phenoxy) is 3. The van der Waals surface area contributed by atoms with Crippen LogP contribution in [0.5, 0.6) is 0 Å². The van der Waals surface area contributed by atoms with Crippen molar-refractivity contribution in [2.24, 2.45) is 0 Å². The smallest absolute Gasteiger partial charge is 0.306 e. The Hall–Kier alpha value is -4.19. The molecule has 0 rings (SSSR count). The van der Waals surface area contributed by atoms with Crippen LogP contribution in [-0.2, 0) is 28.6 Å². The average Bonchev–Trinajstić information content (AvgIpc) is 3.31. The normalized spacial score (nSPS) is 13.1. The maximum Gasteiger partial charge on any atom is 0.306 e. The molecule has 1 atom stereocenters. The van der Waals surface area contributed by atoms with Crippen molar-refractivity contribution in [3.63, 3.8) is 0 Å². The van der Waals surface area contributed by atoms with Gasteiger partial charge in [-0.25, -0.2) is 0 Å². The number of hydrogen-bond acceptors (Lipinski definition) is 6. The SMILES string of the molecule is CC\C=C/C=C\C=C/C=C\C=C/CCCC(=O)OCC(COC(=O)CCCCCCC\C=C/C=C\C=C/C=C\C=C/CCC)OC(=O)CCCCCCCCCCCCCCCCCCC. The molecule has 0 saturated heterocycles. The summed E-state index contributed by atoms with van der Waals surface area (Å²) in [5.41, 5.74) is 0. The van der Waals surface area contributed by atoms with Crippen LogP contribution < -0.4 is 0 Å². The summed E-state index contributed by atoms with van der Waals surface area (Å²) < 4.78 is 16.7. The van der Waals surface area contributed by atoms with Crippen LogP contribution in [-0.4, -0.2) is 37.2 Å². The summed E-state index contributed by atoms with van der Waals surface area (Å²) in [6.45, 7) is 6.32. The van der Waals surface area contributed by atoms with Crippen molar-refractivity contribution < 1.29 is 28.6 Å². The first-order chi connectivity index (χ1) is 32.5. The minimum atomic E-state index is -0.819. The first-order valence-electron chi connectivity index (χ1n) is 26.7.